The molecule has 106 valence electrons. The Morgan fingerprint density at radius 1 is 1.35 bits per heavy atom. The first kappa shape index (κ1) is 14.0. The Morgan fingerprint density at radius 2 is 2.00 bits per heavy atom. The van der Waals surface area contributed by atoms with Crippen molar-refractivity contribution < 1.29 is 19.5 Å². The number of benzene rings is 1. The first-order valence-corrected chi connectivity index (χ1v) is 6.32. The summed E-state index contributed by atoms with van der Waals surface area (Å²) in [7, 11) is 0. The summed E-state index contributed by atoms with van der Waals surface area (Å²) >= 11 is 0. The second kappa shape index (κ2) is 5.73. The molecular formula is C14H16N2O4. The molecule has 2 rings (SSSR count). The predicted molar refractivity (Wildman–Crippen MR) is 70.8 cm³/mol. The van der Waals surface area contributed by atoms with Crippen molar-refractivity contribution in [3.8, 4) is 0 Å². The summed E-state index contributed by atoms with van der Waals surface area (Å²) in [5.74, 6) is -1.74. The Balaban J connectivity index is 2.33. The second-order valence-corrected chi connectivity index (χ2v) is 4.81. The highest BCUT2D eigenvalue weighted by molar-refractivity contribution is 5.89. The number of nitrogens with zero attached hydrogens (tertiary/aromatic N) is 1. The van der Waals surface area contributed by atoms with E-state index in [9.17, 15) is 14.4 Å². The van der Waals surface area contributed by atoms with Gasteiger partial charge in [0.1, 0.15) is 12.6 Å². The number of carboxylic acid groups (broad SMARTS) is 1. The van der Waals surface area contributed by atoms with Crippen LogP contribution in [0.2, 0.25) is 0 Å². The normalized spacial score (nSPS) is 18.1. The van der Waals surface area contributed by atoms with E-state index in [0.717, 1.165) is 11.1 Å². The molecule has 0 aliphatic carbocycles. The molecule has 1 aromatic carbocycles. The van der Waals surface area contributed by atoms with Crippen molar-refractivity contribution in [3.05, 3.63) is 35.4 Å². The summed E-state index contributed by atoms with van der Waals surface area (Å²) in [6.45, 7) is 1.21. The van der Waals surface area contributed by atoms with Crippen molar-refractivity contribution in [1.82, 2.24) is 10.2 Å². The fourth-order valence-corrected chi connectivity index (χ4v) is 2.38. The summed E-state index contributed by atoms with van der Waals surface area (Å²) in [6.07, 6.45) is 0.380. The van der Waals surface area contributed by atoms with Gasteiger partial charge in [-0.05, 0) is 11.1 Å². The van der Waals surface area contributed by atoms with Gasteiger partial charge >= 0.3 is 5.97 Å². The number of carbonyl (C=O) groups is 3. The maximum absolute atomic E-state index is 12.3. The molecule has 2 amide bonds. The van der Waals surface area contributed by atoms with Gasteiger partial charge in [0, 0.05) is 19.9 Å². The zero-order valence-electron chi connectivity index (χ0n) is 11.1. The fourth-order valence-electron chi connectivity index (χ4n) is 2.38. The van der Waals surface area contributed by atoms with E-state index in [1.54, 1.807) is 0 Å². The lowest BCUT2D eigenvalue weighted by atomic mass is 10.0. The monoisotopic (exact) mass is 276 g/mol. The average molecular weight is 276 g/mol. The molecular weight excluding hydrogens is 260 g/mol. The van der Waals surface area contributed by atoms with Crippen LogP contribution in [0.15, 0.2) is 24.3 Å². The van der Waals surface area contributed by atoms with Gasteiger partial charge in [-0.1, -0.05) is 24.3 Å². The third kappa shape index (κ3) is 3.14. The first-order chi connectivity index (χ1) is 9.47. The number of aliphatic carboxylic acids is 1. The van der Waals surface area contributed by atoms with Gasteiger partial charge < -0.3 is 15.3 Å². The minimum atomic E-state index is -1.07. The summed E-state index contributed by atoms with van der Waals surface area (Å²) in [4.78, 5) is 35.7. The Kier molecular flexibility index (Phi) is 4.02. The molecule has 1 aliphatic heterocycles. The topological polar surface area (TPSA) is 86.7 Å². The minimum absolute atomic E-state index is 0.247. The Morgan fingerprint density at radius 3 is 2.60 bits per heavy atom. The van der Waals surface area contributed by atoms with Crippen LogP contribution < -0.4 is 5.32 Å². The van der Waals surface area contributed by atoms with Crippen molar-refractivity contribution in [1.29, 1.82) is 0 Å². The maximum Gasteiger partial charge on any atom is 0.323 e. The van der Waals surface area contributed by atoms with Gasteiger partial charge in [-0.2, -0.15) is 0 Å². The lowest BCUT2D eigenvalue weighted by molar-refractivity contribution is -0.146. The van der Waals surface area contributed by atoms with Crippen molar-refractivity contribution in [2.45, 2.75) is 25.9 Å². The number of rotatable bonds is 3. The van der Waals surface area contributed by atoms with E-state index < -0.39 is 12.0 Å². The summed E-state index contributed by atoms with van der Waals surface area (Å²) < 4.78 is 0. The average Bonchev–Trinajstić information content (AvgIpc) is 2.48. The van der Waals surface area contributed by atoms with Gasteiger partial charge in [0.15, 0.2) is 0 Å². The fraction of sp³-hybridized carbons (Fsp3) is 0.357. The number of amides is 2. The van der Waals surface area contributed by atoms with E-state index in [2.05, 4.69) is 5.32 Å². The Hall–Kier alpha value is -2.37. The maximum atomic E-state index is 12.3. The van der Waals surface area contributed by atoms with Crippen LogP contribution in [0.1, 0.15) is 18.1 Å². The lowest BCUT2D eigenvalue weighted by Gasteiger charge is -2.23. The quantitative estimate of drug-likeness (QED) is 0.823. The zero-order chi connectivity index (χ0) is 14.7. The van der Waals surface area contributed by atoms with E-state index in [0.29, 0.717) is 6.42 Å². The van der Waals surface area contributed by atoms with Crippen LogP contribution in [-0.2, 0) is 27.3 Å². The van der Waals surface area contributed by atoms with E-state index in [4.69, 9.17) is 5.11 Å². The van der Waals surface area contributed by atoms with E-state index in [-0.39, 0.29) is 24.9 Å². The molecule has 0 unspecified atom stereocenters. The molecule has 0 fully saturated rings. The summed E-state index contributed by atoms with van der Waals surface area (Å²) in [5.41, 5.74) is 1.86. The first-order valence-electron chi connectivity index (χ1n) is 6.32. The highest BCUT2D eigenvalue weighted by atomic mass is 16.4. The lowest BCUT2D eigenvalue weighted by Crippen LogP contribution is -2.48. The molecule has 0 bridgehead atoms. The highest BCUT2D eigenvalue weighted by Gasteiger charge is 2.30. The van der Waals surface area contributed by atoms with Crippen molar-refractivity contribution >= 4 is 17.8 Å². The molecule has 1 heterocycles. The zero-order valence-corrected chi connectivity index (χ0v) is 11.1. The standard InChI is InChI=1S/C14H16N2O4/c1-9(17)15-12-6-10-4-2-3-5-11(10)7-16(14(12)20)8-13(18)19/h2-5,12H,6-8H2,1H3,(H,15,17)(H,18,19)/t12-/m0/s1. The van der Waals surface area contributed by atoms with Crippen molar-refractivity contribution in [2.75, 3.05) is 6.54 Å². The molecule has 0 saturated heterocycles. The number of hydrogen-bond donors (Lipinski definition) is 2. The summed E-state index contributed by atoms with van der Waals surface area (Å²) in [5, 5.41) is 11.5. The largest absolute Gasteiger partial charge is 0.480 e. The van der Waals surface area contributed by atoms with E-state index >= 15 is 0 Å². The Bertz CT molecular complexity index is 509. The molecule has 1 aromatic rings. The number of hydrogen-bond acceptors (Lipinski definition) is 3. The summed E-state index contributed by atoms with van der Waals surface area (Å²) in [6, 6.07) is 6.76. The van der Waals surface area contributed by atoms with Crippen LogP contribution in [0, 0.1) is 0 Å². The molecule has 1 aliphatic rings. The third-order valence-corrected chi connectivity index (χ3v) is 3.22. The van der Waals surface area contributed by atoms with E-state index in [1.807, 2.05) is 24.3 Å². The van der Waals surface area contributed by atoms with Crippen LogP contribution in [-0.4, -0.2) is 40.4 Å². The molecule has 1 atom stereocenters. The third-order valence-electron chi connectivity index (χ3n) is 3.22. The van der Waals surface area contributed by atoms with Crippen molar-refractivity contribution in [3.63, 3.8) is 0 Å². The molecule has 0 radical (unpaired) electrons. The molecule has 6 nitrogen and oxygen atoms in total. The van der Waals surface area contributed by atoms with Gasteiger partial charge in [0.05, 0.1) is 0 Å². The number of nitrogens with one attached hydrogen (secondary N) is 1. The molecule has 20 heavy (non-hydrogen) atoms. The van der Waals surface area contributed by atoms with Crippen LogP contribution in [0.5, 0.6) is 0 Å². The SMILES string of the molecule is CC(=O)N[C@H]1Cc2ccccc2CN(CC(=O)O)C1=O. The van der Waals surface area contributed by atoms with Gasteiger partial charge in [0.25, 0.3) is 0 Å². The smallest absolute Gasteiger partial charge is 0.323 e. The van der Waals surface area contributed by atoms with Gasteiger partial charge in [-0.15, -0.1) is 0 Å². The van der Waals surface area contributed by atoms with Crippen LogP contribution in [0.25, 0.3) is 0 Å². The van der Waals surface area contributed by atoms with Crippen LogP contribution in [0.4, 0.5) is 0 Å². The highest BCUT2D eigenvalue weighted by Crippen LogP contribution is 2.19. The van der Waals surface area contributed by atoms with Crippen molar-refractivity contribution in [2.24, 2.45) is 0 Å². The Labute approximate surface area is 116 Å². The van der Waals surface area contributed by atoms with Crippen LogP contribution in [0.3, 0.4) is 0 Å². The van der Waals surface area contributed by atoms with Gasteiger partial charge in [-0.25, -0.2) is 0 Å². The number of carbonyl (C=O) groups excluding carboxylic acids is 2. The second-order valence-electron chi connectivity index (χ2n) is 4.81. The molecule has 0 saturated carbocycles. The van der Waals surface area contributed by atoms with Gasteiger partial charge in [0.2, 0.25) is 11.8 Å². The minimum Gasteiger partial charge on any atom is -0.480 e. The molecule has 2 N–H and O–H groups in total. The molecule has 6 heteroatoms. The molecule has 0 spiro atoms. The predicted octanol–water partition coefficient (Wildman–Crippen LogP) is 0.161. The van der Waals surface area contributed by atoms with E-state index in [1.165, 1.54) is 11.8 Å². The number of carboxylic acids is 1. The molecule has 0 aromatic heterocycles. The van der Waals surface area contributed by atoms with Gasteiger partial charge in [-0.3, -0.25) is 14.4 Å². The van der Waals surface area contributed by atoms with Crippen LogP contribution >= 0.6 is 0 Å². The number of fused-ring (bicyclic) bond motifs is 1.